The number of rotatable bonds is 9. The summed E-state index contributed by atoms with van der Waals surface area (Å²) in [5.41, 5.74) is 8.15. The van der Waals surface area contributed by atoms with Gasteiger partial charge in [-0.15, -0.1) is 5.10 Å². The van der Waals surface area contributed by atoms with Gasteiger partial charge in [0.1, 0.15) is 0 Å². The van der Waals surface area contributed by atoms with Crippen molar-refractivity contribution in [3.63, 3.8) is 0 Å². The van der Waals surface area contributed by atoms with Gasteiger partial charge in [0.05, 0.1) is 11.7 Å². The van der Waals surface area contributed by atoms with Gasteiger partial charge in [0.25, 0.3) is 0 Å². The summed E-state index contributed by atoms with van der Waals surface area (Å²) >= 11 is 0. The van der Waals surface area contributed by atoms with Crippen LogP contribution in [-0.2, 0) is 0 Å². The van der Waals surface area contributed by atoms with Crippen LogP contribution in [0.25, 0.3) is 23.9 Å². The molecule has 4 aromatic carbocycles. The minimum Gasteiger partial charge on any atom is -0.297 e. The second-order valence-electron chi connectivity index (χ2n) is 11.2. The van der Waals surface area contributed by atoms with E-state index in [0.717, 1.165) is 60.9 Å². The molecule has 1 aliphatic rings. The van der Waals surface area contributed by atoms with Gasteiger partial charge in [-0.3, -0.25) is 9.80 Å². The molecule has 0 unspecified atom stereocenters. The van der Waals surface area contributed by atoms with Gasteiger partial charge in [-0.1, -0.05) is 127 Å². The maximum absolute atomic E-state index is 4.65. The van der Waals surface area contributed by atoms with Gasteiger partial charge in [0.15, 0.2) is 5.82 Å². The Morgan fingerprint density at radius 3 is 1.86 bits per heavy atom. The Kier molecular flexibility index (Phi) is 8.97. The van der Waals surface area contributed by atoms with Gasteiger partial charge in [-0.05, 0) is 57.7 Å². The SMILES string of the molecule is Cc1cccc(C)c1-n1nnnc1[C@@H](c1ccc(C=Cc2ccccc2)cc1)N1CCN(CC=Cc2ccccc2)CC1. The van der Waals surface area contributed by atoms with Crippen molar-refractivity contribution in [1.82, 2.24) is 30.0 Å². The van der Waals surface area contributed by atoms with Crippen LogP contribution >= 0.6 is 0 Å². The first-order chi connectivity index (χ1) is 21.2. The third kappa shape index (κ3) is 6.88. The van der Waals surface area contributed by atoms with Gasteiger partial charge in [0.2, 0.25) is 0 Å². The lowest BCUT2D eigenvalue weighted by Crippen LogP contribution is -2.48. The zero-order valence-corrected chi connectivity index (χ0v) is 24.9. The fourth-order valence-electron chi connectivity index (χ4n) is 5.84. The molecule has 216 valence electrons. The van der Waals surface area contributed by atoms with E-state index in [-0.39, 0.29) is 6.04 Å². The number of piperazine rings is 1. The molecule has 6 rings (SSSR count). The second-order valence-corrected chi connectivity index (χ2v) is 11.2. The quantitative estimate of drug-likeness (QED) is 0.182. The highest BCUT2D eigenvalue weighted by atomic mass is 15.6. The highest BCUT2D eigenvalue weighted by Crippen LogP contribution is 2.31. The number of nitrogens with zero attached hydrogens (tertiary/aromatic N) is 6. The van der Waals surface area contributed by atoms with Crippen LogP contribution in [0.4, 0.5) is 0 Å². The fourth-order valence-corrected chi connectivity index (χ4v) is 5.84. The van der Waals surface area contributed by atoms with Crippen molar-refractivity contribution in [3.8, 4) is 5.69 Å². The summed E-state index contributed by atoms with van der Waals surface area (Å²) in [6.45, 7) is 9.02. The van der Waals surface area contributed by atoms with E-state index in [1.807, 2.05) is 10.7 Å². The van der Waals surface area contributed by atoms with E-state index in [0.29, 0.717) is 0 Å². The van der Waals surface area contributed by atoms with Crippen molar-refractivity contribution < 1.29 is 0 Å². The van der Waals surface area contributed by atoms with Crippen LogP contribution in [0, 0.1) is 13.8 Å². The Labute approximate surface area is 254 Å². The molecule has 6 nitrogen and oxygen atoms in total. The summed E-state index contributed by atoms with van der Waals surface area (Å²) in [5, 5.41) is 13.4. The van der Waals surface area contributed by atoms with Crippen molar-refractivity contribution >= 4 is 18.2 Å². The molecule has 2 heterocycles. The van der Waals surface area contributed by atoms with E-state index >= 15 is 0 Å². The average Bonchev–Trinajstić information content (AvgIpc) is 3.51. The zero-order valence-electron chi connectivity index (χ0n) is 24.9. The first-order valence-electron chi connectivity index (χ1n) is 15.0. The van der Waals surface area contributed by atoms with Crippen LogP contribution in [0.3, 0.4) is 0 Å². The van der Waals surface area contributed by atoms with E-state index in [2.05, 4.69) is 161 Å². The first kappa shape index (κ1) is 28.5. The molecule has 0 amide bonds. The summed E-state index contributed by atoms with van der Waals surface area (Å²) in [7, 11) is 0. The van der Waals surface area contributed by atoms with Gasteiger partial charge in [-0.2, -0.15) is 4.68 Å². The lowest BCUT2D eigenvalue weighted by molar-refractivity contribution is 0.113. The molecule has 1 atom stereocenters. The zero-order chi connectivity index (χ0) is 29.4. The van der Waals surface area contributed by atoms with E-state index in [9.17, 15) is 0 Å². The number of tetrazole rings is 1. The van der Waals surface area contributed by atoms with Crippen molar-refractivity contribution in [2.45, 2.75) is 19.9 Å². The predicted octanol–water partition coefficient (Wildman–Crippen LogP) is 6.87. The molecular formula is C37H38N6. The summed E-state index contributed by atoms with van der Waals surface area (Å²) in [6, 6.07) is 36.0. The molecule has 1 fully saturated rings. The molecule has 0 N–H and O–H groups in total. The standard InChI is InChI=1S/C37H38N6/c1-29-11-9-12-30(2)35(29)43-37(38-39-40-43)36(34-22-20-33(21-23-34)19-18-32-15-7-4-8-16-32)42-27-25-41(26-28-42)24-10-17-31-13-5-3-6-14-31/h3-23,36H,24-28H2,1-2H3/t36-/m1/s1. The van der Waals surface area contributed by atoms with E-state index in [4.69, 9.17) is 0 Å². The van der Waals surface area contributed by atoms with Crippen LogP contribution in [0.1, 0.15) is 45.2 Å². The number of aromatic nitrogens is 4. The topological polar surface area (TPSA) is 50.1 Å². The van der Waals surface area contributed by atoms with Crippen LogP contribution in [0.2, 0.25) is 0 Å². The summed E-state index contributed by atoms with van der Waals surface area (Å²) in [6.07, 6.45) is 8.80. The number of para-hydroxylation sites is 1. The molecule has 0 aliphatic carbocycles. The van der Waals surface area contributed by atoms with Crippen LogP contribution in [0.15, 0.2) is 109 Å². The molecular weight excluding hydrogens is 528 g/mol. The minimum atomic E-state index is -0.0665. The Balaban J connectivity index is 1.25. The fraction of sp³-hybridized carbons (Fsp3) is 0.216. The lowest BCUT2D eigenvalue weighted by atomic mass is 10.0. The highest BCUT2D eigenvalue weighted by molar-refractivity contribution is 5.69. The van der Waals surface area contributed by atoms with Gasteiger partial charge < -0.3 is 0 Å². The van der Waals surface area contributed by atoms with Crippen LogP contribution < -0.4 is 0 Å². The number of hydrogen-bond acceptors (Lipinski definition) is 5. The Morgan fingerprint density at radius 2 is 1.23 bits per heavy atom. The number of aryl methyl sites for hydroxylation is 2. The maximum Gasteiger partial charge on any atom is 0.178 e. The molecule has 1 aromatic heterocycles. The van der Waals surface area contributed by atoms with Crippen molar-refractivity contribution in [1.29, 1.82) is 0 Å². The molecule has 0 bridgehead atoms. The smallest absolute Gasteiger partial charge is 0.178 e. The monoisotopic (exact) mass is 566 g/mol. The molecule has 1 aliphatic heterocycles. The van der Waals surface area contributed by atoms with E-state index in [1.165, 1.54) is 16.7 Å². The van der Waals surface area contributed by atoms with Crippen LogP contribution in [0.5, 0.6) is 0 Å². The van der Waals surface area contributed by atoms with Crippen LogP contribution in [-0.4, -0.2) is 62.7 Å². The van der Waals surface area contributed by atoms with E-state index in [1.54, 1.807) is 0 Å². The highest BCUT2D eigenvalue weighted by Gasteiger charge is 2.31. The van der Waals surface area contributed by atoms with Gasteiger partial charge in [0, 0.05) is 32.7 Å². The molecule has 5 aromatic rings. The summed E-state index contributed by atoms with van der Waals surface area (Å²) < 4.78 is 1.95. The van der Waals surface area contributed by atoms with Crippen molar-refractivity contribution in [2.75, 3.05) is 32.7 Å². The third-order valence-electron chi connectivity index (χ3n) is 8.16. The molecule has 0 radical (unpaired) electrons. The third-order valence-corrected chi connectivity index (χ3v) is 8.16. The largest absolute Gasteiger partial charge is 0.297 e. The van der Waals surface area contributed by atoms with E-state index < -0.39 is 0 Å². The van der Waals surface area contributed by atoms with Crippen molar-refractivity contribution in [2.24, 2.45) is 0 Å². The summed E-state index contributed by atoms with van der Waals surface area (Å²) in [5.74, 6) is 0.849. The van der Waals surface area contributed by atoms with Crippen molar-refractivity contribution in [3.05, 3.63) is 148 Å². The number of benzene rings is 4. The molecule has 6 heteroatoms. The van der Waals surface area contributed by atoms with Gasteiger partial charge in [-0.25, -0.2) is 0 Å². The molecule has 0 spiro atoms. The molecule has 1 saturated heterocycles. The summed E-state index contributed by atoms with van der Waals surface area (Å²) in [4.78, 5) is 5.04. The first-order valence-corrected chi connectivity index (χ1v) is 15.0. The Morgan fingerprint density at radius 1 is 0.651 bits per heavy atom. The Bertz CT molecular complexity index is 1640. The average molecular weight is 567 g/mol. The van der Waals surface area contributed by atoms with Gasteiger partial charge >= 0.3 is 0 Å². The second kappa shape index (κ2) is 13.6. The lowest BCUT2D eigenvalue weighted by Gasteiger charge is -2.38. The Hall–Kier alpha value is -4.65. The number of hydrogen-bond donors (Lipinski definition) is 0. The minimum absolute atomic E-state index is 0.0665. The molecule has 0 saturated carbocycles. The maximum atomic E-state index is 4.65. The normalized spacial score (nSPS) is 15.4. The molecule has 43 heavy (non-hydrogen) atoms. The predicted molar refractivity (Wildman–Crippen MR) is 176 cm³/mol.